The Morgan fingerprint density at radius 2 is 2.22 bits per heavy atom. The summed E-state index contributed by atoms with van der Waals surface area (Å²) in [4.78, 5) is 27.7. The highest BCUT2D eigenvalue weighted by atomic mass is 16.5. The third kappa shape index (κ3) is 4.29. The Kier molecular flexibility index (Phi) is 5.30. The third-order valence-corrected chi connectivity index (χ3v) is 3.06. The number of hydrogen-bond acceptors (Lipinski definition) is 9. The molecule has 2 rings (SSSR count). The fourth-order valence-electron chi connectivity index (χ4n) is 1.80. The summed E-state index contributed by atoms with van der Waals surface area (Å²) in [5, 5.41) is 17.3. The lowest BCUT2D eigenvalue weighted by Crippen LogP contribution is -2.51. The quantitative estimate of drug-likeness (QED) is 0.516. The molecule has 0 spiro atoms. The molecule has 0 radical (unpaired) electrons. The molecule has 0 aliphatic rings. The van der Waals surface area contributed by atoms with Gasteiger partial charge in [-0.25, -0.2) is 14.5 Å². The summed E-state index contributed by atoms with van der Waals surface area (Å²) in [6.45, 7) is 1.85. The normalized spacial score (nSPS) is 13.3. The van der Waals surface area contributed by atoms with Gasteiger partial charge in [-0.2, -0.15) is 5.10 Å². The number of carbonyl (C=O) groups is 2. The number of methoxy groups -OCH3 is 1. The summed E-state index contributed by atoms with van der Waals surface area (Å²) in [6.07, 6.45) is 2.74. The molecule has 12 heteroatoms. The van der Waals surface area contributed by atoms with Crippen molar-refractivity contribution in [3.63, 3.8) is 0 Å². The Morgan fingerprint density at radius 3 is 2.78 bits per heavy atom. The first-order valence-electron chi connectivity index (χ1n) is 6.70. The SMILES string of the molecule is COC(=O)[C@H](Cn1cncn1)NC(=O)[C@@H](N)Cn1nnnc1C. The van der Waals surface area contributed by atoms with Gasteiger partial charge in [-0.3, -0.25) is 9.48 Å². The molecule has 0 saturated heterocycles. The number of ether oxygens (including phenoxy) is 1. The molecule has 1 amide bonds. The van der Waals surface area contributed by atoms with Gasteiger partial charge < -0.3 is 15.8 Å². The second-order valence-electron chi connectivity index (χ2n) is 4.72. The highest BCUT2D eigenvalue weighted by molar-refractivity contribution is 5.87. The number of nitrogens with two attached hydrogens (primary N) is 1. The third-order valence-electron chi connectivity index (χ3n) is 3.06. The Balaban J connectivity index is 1.98. The number of aromatic nitrogens is 7. The molecule has 124 valence electrons. The maximum absolute atomic E-state index is 12.2. The van der Waals surface area contributed by atoms with Gasteiger partial charge in [0.1, 0.15) is 30.6 Å². The maximum atomic E-state index is 12.2. The predicted molar refractivity (Wildman–Crippen MR) is 74.5 cm³/mol. The molecule has 0 unspecified atom stereocenters. The molecular weight excluding hydrogens is 306 g/mol. The van der Waals surface area contributed by atoms with Gasteiger partial charge in [-0.15, -0.1) is 5.10 Å². The van der Waals surface area contributed by atoms with Crippen LogP contribution in [0.2, 0.25) is 0 Å². The maximum Gasteiger partial charge on any atom is 0.330 e. The average Bonchev–Trinajstić information content (AvgIpc) is 3.18. The van der Waals surface area contributed by atoms with Crippen LogP contribution < -0.4 is 11.1 Å². The van der Waals surface area contributed by atoms with Crippen molar-refractivity contribution in [2.24, 2.45) is 5.73 Å². The van der Waals surface area contributed by atoms with E-state index >= 15 is 0 Å². The van der Waals surface area contributed by atoms with E-state index in [4.69, 9.17) is 5.73 Å². The van der Waals surface area contributed by atoms with Gasteiger partial charge >= 0.3 is 5.97 Å². The first-order valence-corrected chi connectivity index (χ1v) is 6.70. The molecule has 0 fully saturated rings. The minimum absolute atomic E-state index is 0.0784. The van der Waals surface area contributed by atoms with Gasteiger partial charge in [0.15, 0.2) is 0 Å². The van der Waals surface area contributed by atoms with Crippen molar-refractivity contribution in [3.05, 3.63) is 18.5 Å². The number of tetrazole rings is 1. The van der Waals surface area contributed by atoms with E-state index in [1.165, 1.54) is 29.1 Å². The van der Waals surface area contributed by atoms with Crippen molar-refractivity contribution >= 4 is 11.9 Å². The van der Waals surface area contributed by atoms with Gasteiger partial charge in [0.2, 0.25) is 5.91 Å². The molecule has 2 atom stereocenters. The Hall–Kier alpha value is -2.89. The number of rotatable bonds is 7. The second-order valence-corrected chi connectivity index (χ2v) is 4.72. The number of amides is 1. The van der Waals surface area contributed by atoms with Crippen molar-refractivity contribution < 1.29 is 14.3 Å². The van der Waals surface area contributed by atoms with Gasteiger partial charge in [-0.1, -0.05) is 0 Å². The fraction of sp³-hybridized carbons (Fsp3) is 0.545. The number of nitrogens with zero attached hydrogens (tertiary/aromatic N) is 7. The van der Waals surface area contributed by atoms with Crippen LogP contribution >= 0.6 is 0 Å². The topological polar surface area (TPSA) is 156 Å². The molecule has 2 aromatic heterocycles. The summed E-state index contributed by atoms with van der Waals surface area (Å²) < 4.78 is 7.47. The average molecular weight is 323 g/mol. The Morgan fingerprint density at radius 1 is 1.43 bits per heavy atom. The number of carbonyl (C=O) groups excluding carboxylic acids is 2. The highest BCUT2D eigenvalue weighted by Gasteiger charge is 2.25. The van der Waals surface area contributed by atoms with Crippen LogP contribution in [-0.2, 0) is 27.4 Å². The fourth-order valence-corrected chi connectivity index (χ4v) is 1.80. The molecule has 3 N–H and O–H groups in total. The monoisotopic (exact) mass is 323 g/mol. The molecule has 2 heterocycles. The second kappa shape index (κ2) is 7.40. The van der Waals surface area contributed by atoms with E-state index in [1.807, 2.05) is 0 Å². The van der Waals surface area contributed by atoms with Crippen molar-refractivity contribution in [1.82, 2.24) is 40.3 Å². The van der Waals surface area contributed by atoms with Crippen LogP contribution in [0.1, 0.15) is 5.82 Å². The lowest BCUT2D eigenvalue weighted by Gasteiger charge is -2.19. The number of nitrogens with one attached hydrogen (secondary N) is 1. The van der Waals surface area contributed by atoms with E-state index in [2.05, 4.69) is 35.7 Å². The summed E-state index contributed by atoms with van der Waals surface area (Å²) in [5.41, 5.74) is 5.83. The van der Waals surface area contributed by atoms with Crippen molar-refractivity contribution in [2.45, 2.75) is 32.1 Å². The number of hydrogen-bond donors (Lipinski definition) is 2. The first kappa shape index (κ1) is 16.5. The molecule has 0 aliphatic carbocycles. The van der Waals surface area contributed by atoms with E-state index < -0.39 is 24.0 Å². The van der Waals surface area contributed by atoms with E-state index in [-0.39, 0.29) is 13.1 Å². The summed E-state index contributed by atoms with van der Waals surface area (Å²) in [6, 6.07) is -1.87. The van der Waals surface area contributed by atoms with Crippen molar-refractivity contribution in [1.29, 1.82) is 0 Å². The first-order chi connectivity index (χ1) is 11.0. The zero-order valence-electron chi connectivity index (χ0n) is 12.7. The number of esters is 1. The summed E-state index contributed by atoms with van der Waals surface area (Å²) >= 11 is 0. The van der Waals surface area contributed by atoms with Gasteiger partial charge in [0.25, 0.3) is 0 Å². The highest BCUT2D eigenvalue weighted by Crippen LogP contribution is 1.97. The lowest BCUT2D eigenvalue weighted by atomic mass is 10.2. The Labute approximate surface area is 131 Å². The van der Waals surface area contributed by atoms with Crippen LogP contribution in [0.15, 0.2) is 12.7 Å². The molecular formula is C11H17N9O3. The number of aryl methyl sites for hydroxylation is 1. The Bertz CT molecular complexity index is 654. The van der Waals surface area contributed by atoms with E-state index in [1.54, 1.807) is 6.92 Å². The van der Waals surface area contributed by atoms with Gasteiger partial charge in [0, 0.05) is 0 Å². The zero-order chi connectivity index (χ0) is 16.8. The van der Waals surface area contributed by atoms with Crippen LogP contribution in [0.25, 0.3) is 0 Å². The molecule has 0 saturated carbocycles. The van der Waals surface area contributed by atoms with Crippen LogP contribution in [0.5, 0.6) is 0 Å². The zero-order valence-corrected chi connectivity index (χ0v) is 12.7. The summed E-state index contributed by atoms with van der Waals surface area (Å²) in [7, 11) is 1.23. The van der Waals surface area contributed by atoms with E-state index in [9.17, 15) is 9.59 Å². The van der Waals surface area contributed by atoms with Crippen LogP contribution in [0.3, 0.4) is 0 Å². The smallest absolute Gasteiger partial charge is 0.330 e. The predicted octanol–water partition coefficient (Wildman–Crippen LogP) is -2.74. The largest absolute Gasteiger partial charge is 0.467 e. The molecule has 0 aliphatic heterocycles. The van der Waals surface area contributed by atoms with Gasteiger partial charge in [0.05, 0.1) is 20.2 Å². The van der Waals surface area contributed by atoms with Gasteiger partial charge in [-0.05, 0) is 17.4 Å². The summed E-state index contributed by atoms with van der Waals surface area (Å²) in [5.74, 6) is -0.615. The van der Waals surface area contributed by atoms with E-state index in [0.717, 1.165) is 0 Å². The standard InChI is InChI=1S/C11H17N9O3/c1-7-16-17-18-20(7)3-8(12)10(21)15-9(11(22)23-2)4-19-6-13-5-14-19/h5-6,8-9H,3-4,12H2,1-2H3,(H,15,21)/t8-,9-/m0/s1. The van der Waals surface area contributed by atoms with Crippen LogP contribution in [-0.4, -0.2) is 66.0 Å². The molecule has 0 aromatic carbocycles. The molecule has 0 bridgehead atoms. The minimum atomic E-state index is -0.935. The lowest BCUT2D eigenvalue weighted by molar-refractivity contribution is -0.145. The van der Waals surface area contributed by atoms with Crippen molar-refractivity contribution in [3.8, 4) is 0 Å². The minimum Gasteiger partial charge on any atom is -0.467 e. The molecule has 23 heavy (non-hydrogen) atoms. The van der Waals surface area contributed by atoms with Crippen LogP contribution in [0.4, 0.5) is 0 Å². The van der Waals surface area contributed by atoms with Crippen LogP contribution in [0, 0.1) is 6.92 Å². The van der Waals surface area contributed by atoms with E-state index in [0.29, 0.717) is 5.82 Å². The molecule has 2 aromatic rings. The van der Waals surface area contributed by atoms with Crippen molar-refractivity contribution in [2.75, 3.05) is 7.11 Å². The molecule has 12 nitrogen and oxygen atoms in total.